The summed E-state index contributed by atoms with van der Waals surface area (Å²) in [6.07, 6.45) is 0. The number of nitrogens with one attached hydrogen (secondary N) is 1. The second-order valence-electron chi connectivity index (χ2n) is 4.45. The molecular formula is C15H14F2N2O2. The van der Waals surface area contributed by atoms with Crippen molar-refractivity contribution in [3.8, 4) is 5.75 Å². The number of nitrogens with two attached hydrogens (primary N) is 1. The lowest BCUT2D eigenvalue weighted by Gasteiger charge is -2.10. The Morgan fingerprint density at radius 1 is 1.24 bits per heavy atom. The monoisotopic (exact) mass is 292 g/mol. The average molecular weight is 292 g/mol. The predicted molar refractivity (Wildman–Crippen MR) is 76.6 cm³/mol. The lowest BCUT2D eigenvalue weighted by Crippen LogP contribution is -2.13. The molecule has 0 saturated heterocycles. The van der Waals surface area contributed by atoms with Crippen LogP contribution in [0.5, 0.6) is 5.75 Å². The molecule has 1 amide bonds. The summed E-state index contributed by atoms with van der Waals surface area (Å²) in [5, 5.41) is 2.64. The van der Waals surface area contributed by atoms with Crippen LogP contribution in [0.25, 0.3) is 0 Å². The molecule has 0 saturated carbocycles. The van der Waals surface area contributed by atoms with Crippen molar-refractivity contribution >= 4 is 17.3 Å². The highest BCUT2D eigenvalue weighted by Gasteiger charge is 2.11. The van der Waals surface area contributed by atoms with Crippen molar-refractivity contribution in [2.75, 3.05) is 11.1 Å². The van der Waals surface area contributed by atoms with Crippen LogP contribution < -0.4 is 15.8 Å². The summed E-state index contributed by atoms with van der Waals surface area (Å²) in [4.78, 5) is 12.1. The van der Waals surface area contributed by atoms with Crippen LogP contribution in [0.1, 0.15) is 15.9 Å². The normalized spacial score (nSPS) is 10.5. The minimum atomic E-state index is -2.93. The van der Waals surface area contributed by atoms with E-state index in [-0.39, 0.29) is 11.3 Å². The van der Waals surface area contributed by atoms with Gasteiger partial charge in [0.25, 0.3) is 5.91 Å². The highest BCUT2D eigenvalue weighted by Crippen LogP contribution is 2.22. The highest BCUT2D eigenvalue weighted by molar-refractivity contribution is 6.06. The molecule has 2 aromatic rings. The van der Waals surface area contributed by atoms with Crippen LogP contribution in [0.4, 0.5) is 20.2 Å². The molecule has 0 bridgehead atoms. The zero-order valence-electron chi connectivity index (χ0n) is 11.3. The van der Waals surface area contributed by atoms with Gasteiger partial charge < -0.3 is 15.8 Å². The van der Waals surface area contributed by atoms with Crippen LogP contribution in [-0.4, -0.2) is 12.5 Å². The average Bonchev–Trinajstić information content (AvgIpc) is 2.42. The van der Waals surface area contributed by atoms with Crippen LogP contribution in [0.3, 0.4) is 0 Å². The summed E-state index contributed by atoms with van der Waals surface area (Å²) in [5.74, 6) is -0.526. The lowest BCUT2D eigenvalue weighted by molar-refractivity contribution is -0.0498. The number of carbonyl (C=O) groups is 1. The Kier molecular flexibility index (Phi) is 4.37. The van der Waals surface area contributed by atoms with Gasteiger partial charge in [-0.15, -0.1) is 0 Å². The van der Waals surface area contributed by atoms with Crippen LogP contribution >= 0.6 is 0 Å². The molecule has 110 valence electrons. The number of nitrogen functional groups attached to an aromatic ring is 1. The van der Waals surface area contributed by atoms with Crippen LogP contribution in [-0.2, 0) is 0 Å². The summed E-state index contributed by atoms with van der Waals surface area (Å²) >= 11 is 0. The molecule has 2 rings (SSSR count). The maximum atomic E-state index is 12.2. The quantitative estimate of drug-likeness (QED) is 0.848. The molecule has 3 N–H and O–H groups in total. The summed E-state index contributed by atoms with van der Waals surface area (Å²) < 4.78 is 28.6. The molecule has 6 heteroatoms. The first-order chi connectivity index (χ1) is 9.95. The SMILES string of the molecule is Cc1ccc(N)c(NC(=O)c2cccc(OC(F)F)c2)c1. The molecule has 0 fully saturated rings. The van der Waals surface area contributed by atoms with Gasteiger partial charge in [0.05, 0.1) is 11.4 Å². The molecule has 0 aliphatic heterocycles. The molecule has 0 spiro atoms. The molecule has 0 unspecified atom stereocenters. The lowest BCUT2D eigenvalue weighted by atomic mass is 10.1. The Bertz CT molecular complexity index is 660. The van der Waals surface area contributed by atoms with Gasteiger partial charge in [0.2, 0.25) is 0 Å². The first-order valence-corrected chi connectivity index (χ1v) is 6.18. The van der Waals surface area contributed by atoms with Crippen molar-refractivity contribution in [1.82, 2.24) is 0 Å². The highest BCUT2D eigenvalue weighted by atomic mass is 19.3. The van der Waals surface area contributed by atoms with E-state index < -0.39 is 12.5 Å². The molecule has 2 aromatic carbocycles. The Morgan fingerprint density at radius 2 is 2.00 bits per heavy atom. The van der Waals surface area contributed by atoms with Crippen LogP contribution in [0, 0.1) is 6.92 Å². The number of hydrogen-bond acceptors (Lipinski definition) is 3. The number of alkyl halides is 2. The van der Waals surface area contributed by atoms with E-state index in [2.05, 4.69) is 10.1 Å². The van der Waals surface area contributed by atoms with Gasteiger partial charge in [-0.1, -0.05) is 12.1 Å². The van der Waals surface area contributed by atoms with E-state index in [1.807, 2.05) is 13.0 Å². The van der Waals surface area contributed by atoms with Crippen molar-refractivity contribution in [3.63, 3.8) is 0 Å². The zero-order valence-corrected chi connectivity index (χ0v) is 11.3. The van der Waals surface area contributed by atoms with E-state index in [0.717, 1.165) is 5.56 Å². The smallest absolute Gasteiger partial charge is 0.387 e. The van der Waals surface area contributed by atoms with Crippen LogP contribution in [0.15, 0.2) is 42.5 Å². The Balaban J connectivity index is 2.18. The Morgan fingerprint density at radius 3 is 2.71 bits per heavy atom. The number of anilines is 2. The van der Waals surface area contributed by atoms with Gasteiger partial charge in [-0.25, -0.2) is 0 Å². The van der Waals surface area contributed by atoms with Crippen molar-refractivity contribution in [3.05, 3.63) is 53.6 Å². The fourth-order valence-corrected chi connectivity index (χ4v) is 1.79. The van der Waals surface area contributed by atoms with Crippen LogP contribution in [0.2, 0.25) is 0 Å². The van der Waals surface area contributed by atoms with E-state index in [4.69, 9.17) is 5.73 Å². The molecule has 0 aliphatic rings. The van der Waals surface area contributed by atoms with Gasteiger partial charge in [0.1, 0.15) is 5.75 Å². The van der Waals surface area contributed by atoms with Crippen molar-refractivity contribution < 1.29 is 18.3 Å². The second kappa shape index (κ2) is 6.21. The summed E-state index contributed by atoms with van der Waals surface area (Å²) in [6, 6.07) is 10.8. The Hall–Kier alpha value is -2.63. The van der Waals surface area contributed by atoms with Crippen molar-refractivity contribution in [2.24, 2.45) is 0 Å². The first-order valence-electron chi connectivity index (χ1n) is 6.18. The number of ether oxygens (including phenoxy) is 1. The van der Waals surface area contributed by atoms with E-state index in [9.17, 15) is 13.6 Å². The topological polar surface area (TPSA) is 64.3 Å². The van der Waals surface area contributed by atoms with E-state index in [1.54, 1.807) is 12.1 Å². The molecule has 4 nitrogen and oxygen atoms in total. The zero-order chi connectivity index (χ0) is 15.4. The fraction of sp³-hybridized carbons (Fsp3) is 0.133. The molecular weight excluding hydrogens is 278 g/mol. The van der Waals surface area contributed by atoms with E-state index in [0.29, 0.717) is 11.4 Å². The molecule has 0 aromatic heterocycles. The third kappa shape index (κ3) is 3.92. The Labute approximate surface area is 120 Å². The van der Waals surface area contributed by atoms with Gasteiger partial charge in [-0.3, -0.25) is 4.79 Å². The van der Waals surface area contributed by atoms with Crippen molar-refractivity contribution in [1.29, 1.82) is 0 Å². The minimum absolute atomic E-state index is 0.0742. The third-order valence-corrected chi connectivity index (χ3v) is 2.78. The summed E-state index contributed by atoms with van der Waals surface area (Å²) in [7, 11) is 0. The maximum Gasteiger partial charge on any atom is 0.387 e. The summed E-state index contributed by atoms with van der Waals surface area (Å²) in [5.41, 5.74) is 7.81. The molecule has 0 aliphatic carbocycles. The predicted octanol–water partition coefficient (Wildman–Crippen LogP) is 3.43. The van der Waals surface area contributed by atoms with E-state index >= 15 is 0 Å². The summed E-state index contributed by atoms with van der Waals surface area (Å²) in [6.45, 7) is -1.07. The number of hydrogen-bond donors (Lipinski definition) is 2. The fourth-order valence-electron chi connectivity index (χ4n) is 1.79. The third-order valence-electron chi connectivity index (χ3n) is 2.78. The van der Waals surface area contributed by atoms with E-state index in [1.165, 1.54) is 24.3 Å². The number of rotatable bonds is 4. The van der Waals surface area contributed by atoms with Gasteiger partial charge >= 0.3 is 6.61 Å². The minimum Gasteiger partial charge on any atom is -0.435 e. The molecule has 0 heterocycles. The van der Waals surface area contributed by atoms with Gasteiger partial charge in [0, 0.05) is 5.56 Å². The largest absolute Gasteiger partial charge is 0.435 e. The molecule has 0 radical (unpaired) electrons. The molecule has 21 heavy (non-hydrogen) atoms. The maximum absolute atomic E-state index is 12.2. The number of carbonyl (C=O) groups excluding carboxylic acids is 1. The number of aryl methyl sites for hydroxylation is 1. The van der Waals surface area contributed by atoms with Gasteiger partial charge in [0.15, 0.2) is 0 Å². The number of amides is 1. The van der Waals surface area contributed by atoms with Crippen molar-refractivity contribution in [2.45, 2.75) is 13.5 Å². The first kappa shape index (κ1) is 14.8. The number of benzene rings is 2. The van der Waals surface area contributed by atoms with Gasteiger partial charge in [-0.2, -0.15) is 8.78 Å². The second-order valence-corrected chi connectivity index (χ2v) is 4.45. The molecule has 0 atom stereocenters. The standard InChI is InChI=1S/C15H14F2N2O2/c1-9-5-6-12(18)13(7-9)19-14(20)10-3-2-4-11(8-10)21-15(16)17/h2-8,15H,18H2,1H3,(H,19,20). The van der Waals surface area contributed by atoms with Gasteiger partial charge in [-0.05, 0) is 42.8 Å². The number of halogens is 2.